The van der Waals surface area contributed by atoms with Crippen LogP contribution in [0.2, 0.25) is 5.02 Å². The van der Waals surface area contributed by atoms with Gasteiger partial charge < -0.3 is 0 Å². The molecule has 0 spiro atoms. The standard InChI is InChI=1S/C13H8ClF3/c14-11-7-10(15)5-4-8(11)6-9-2-1-3-12(16)13(9)17/h1-5,7H,6H2. The molecule has 0 bridgehead atoms. The first kappa shape index (κ1) is 12.0. The Balaban J connectivity index is 2.35. The third kappa shape index (κ3) is 2.61. The third-order valence-electron chi connectivity index (χ3n) is 2.43. The highest BCUT2D eigenvalue weighted by atomic mass is 35.5. The summed E-state index contributed by atoms with van der Waals surface area (Å²) < 4.78 is 39.2. The highest BCUT2D eigenvalue weighted by molar-refractivity contribution is 6.31. The molecule has 2 aromatic carbocycles. The second-order valence-electron chi connectivity index (χ2n) is 3.63. The Morgan fingerprint density at radius 2 is 1.71 bits per heavy atom. The Morgan fingerprint density at radius 3 is 2.41 bits per heavy atom. The van der Waals surface area contributed by atoms with Crippen LogP contribution in [0.15, 0.2) is 36.4 Å². The van der Waals surface area contributed by atoms with E-state index in [9.17, 15) is 13.2 Å². The van der Waals surface area contributed by atoms with E-state index in [1.165, 1.54) is 24.3 Å². The molecule has 17 heavy (non-hydrogen) atoms. The van der Waals surface area contributed by atoms with Crippen LogP contribution in [0.4, 0.5) is 13.2 Å². The normalized spacial score (nSPS) is 10.6. The van der Waals surface area contributed by atoms with Crippen LogP contribution in [-0.4, -0.2) is 0 Å². The minimum Gasteiger partial charge on any atom is -0.207 e. The SMILES string of the molecule is Fc1ccc(Cc2cccc(F)c2F)c(Cl)c1. The smallest absolute Gasteiger partial charge is 0.162 e. The van der Waals surface area contributed by atoms with E-state index >= 15 is 0 Å². The molecule has 0 atom stereocenters. The second kappa shape index (κ2) is 4.80. The molecular weight excluding hydrogens is 249 g/mol. The van der Waals surface area contributed by atoms with Gasteiger partial charge in [0.05, 0.1) is 0 Å². The minimum atomic E-state index is -0.902. The third-order valence-corrected chi connectivity index (χ3v) is 2.78. The Morgan fingerprint density at radius 1 is 0.941 bits per heavy atom. The predicted octanol–water partition coefficient (Wildman–Crippen LogP) is 4.35. The van der Waals surface area contributed by atoms with Crippen LogP contribution in [0, 0.1) is 17.5 Å². The van der Waals surface area contributed by atoms with E-state index in [4.69, 9.17) is 11.6 Å². The maximum absolute atomic E-state index is 13.4. The molecule has 0 unspecified atom stereocenters. The average molecular weight is 257 g/mol. The van der Waals surface area contributed by atoms with Crippen molar-refractivity contribution in [2.75, 3.05) is 0 Å². The lowest BCUT2D eigenvalue weighted by molar-refractivity contribution is 0.501. The number of hydrogen-bond acceptors (Lipinski definition) is 0. The van der Waals surface area contributed by atoms with E-state index < -0.39 is 17.5 Å². The molecule has 0 radical (unpaired) electrons. The van der Waals surface area contributed by atoms with Crippen LogP contribution in [0.3, 0.4) is 0 Å². The maximum atomic E-state index is 13.4. The molecule has 2 aromatic rings. The van der Waals surface area contributed by atoms with Crippen LogP contribution < -0.4 is 0 Å². The average Bonchev–Trinajstić information content (AvgIpc) is 2.28. The molecule has 0 saturated heterocycles. The molecule has 0 N–H and O–H groups in total. The van der Waals surface area contributed by atoms with E-state index in [1.807, 2.05) is 0 Å². The number of halogens is 4. The van der Waals surface area contributed by atoms with Crippen LogP contribution in [0.25, 0.3) is 0 Å². The molecule has 0 heterocycles. The van der Waals surface area contributed by atoms with E-state index in [2.05, 4.69) is 0 Å². The lowest BCUT2D eigenvalue weighted by atomic mass is 10.0. The van der Waals surface area contributed by atoms with Crippen molar-refractivity contribution in [1.29, 1.82) is 0 Å². The van der Waals surface area contributed by atoms with Crippen molar-refractivity contribution in [3.8, 4) is 0 Å². The molecule has 0 aliphatic rings. The topological polar surface area (TPSA) is 0 Å². The largest absolute Gasteiger partial charge is 0.207 e. The zero-order valence-corrected chi connectivity index (χ0v) is 9.44. The lowest BCUT2D eigenvalue weighted by Crippen LogP contribution is -1.96. The van der Waals surface area contributed by atoms with Crippen molar-refractivity contribution >= 4 is 11.6 Å². The quantitative estimate of drug-likeness (QED) is 0.749. The Hall–Kier alpha value is -1.48. The van der Waals surface area contributed by atoms with Gasteiger partial charge in [-0.05, 0) is 29.3 Å². The number of rotatable bonds is 2. The molecule has 88 valence electrons. The molecule has 0 nitrogen and oxygen atoms in total. The molecule has 0 saturated carbocycles. The molecular formula is C13H8ClF3. The Bertz CT molecular complexity index is 552. The minimum absolute atomic E-state index is 0.128. The zero-order valence-electron chi connectivity index (χ0n) is 8.68. The summed E-state index contributed by atoms with van der Waals surface area (Å²) in [5.74, 6) is -2.26. The molecule has 2 rings (SSSR count). The van der Waals surface area contributed by atoms with Crippen molar-refractivity contribution in [2.24, 2.45) is 0 Å². The van der Waals surface area contributed by atoms with Crippen molar-refractivity contribution < 1.29 is 13.2 Å². The summed E-state index contributed by atoms with van der Waals surface area (Å²) in [6, 6.07) is 7.78. The highest BCUT2D eigenvalue weighted by Gasteiger charge is 2.10. The molecule has 0 aliphatic heterocycles. The van der Waals surface area contributed by atoms with E-state index in [1.54, 1.807) is 0 Å². The zero-order chi connectivity index (χ0) is 12.4. The van der Waals surface area contributed by atoms with Crippen LogP contribution in [0.5, 0.6) is 0 Å². The summed E-state index contributed by atoms with van der Waals surface area (Å²) in [6.07, 6.45) is 0.128. The van der Waals surface area contributed by atoms with Gasteiger partial charge in [0.25, 0.3) is 0 Å². The van der Waals surface area contributed by atoms with Gasteiger partial charge in [-0.15, -0.1) is 0 Å². The van der Waals surface area contributed by atoms with Gasteiger partial charge in [0.15, 0.2) is 11.6 Å². The number of benzene rings is 2. The van der Waals surface area contributed by atoms with Gasteiger partial charge in [-0.1, -0.05) is 29.8 Å². The van der Waals surface area contributed by atoms with E-state index in [0.717, 1.165) is 12.1 Å². The predicted molar refractivity (Wildman–Crippen MR) is 60.6 cm³/mol. The highest BCUT2D eigenvalue weighted by Crippen LogP contribution is 2.22. The fourth-order valence-electron chi connectivity index (χ4n) is 1.56. The molecule has 0 aromatic heterocycles. The summed E-state index contributed by atoms with van der Waals surface area (Å²) in [7, 11) is 0. The van der Waals surface area contributed by atoms with Crippen molar-refractivity contribution in [3.05, 3.63) is 70.0 Å². The van der Waals surface area contributed by atoms with Gasteiger partial charge >= 0.3 is 0 Å². The first-order valence-electron chi connectivity index (χ1n) is 4.95. The summed E-state index contributed by atoms with van der Waals surface area (Å²) >= 11 is 5.82. The van der Waals surface area contributed by atoms with Gasteiger partial charge in [-0.25, -0.2) is 13.2 Å². The summed E-state index contributed by atoms with van der Waals surface area (Å²) in [5.41, 5.74) is 0.746. The van der Waals surface area contributed by atoms with E-state index in [-0.39, 0.29) is 17.0 Å². The molecule has 0 amide bonds. The van der Waals surface area contributed by atoms with Gasteiger partial charge in [-0.3, -0.25) is 0 Å². The van der Waals surface area contributed by atoms with Gasteiger partial charge in [0.1, 0.15) is 5.82 Å². The fraction of sp³-hybridized carbons (Fsp3) is 0.0769. The van der Waals surface area contributed by atoms with Gasteiger partial charge in [-0.2, -0.15) is 0 Å². The lowest BCUT2D eigenvalue weighted by Gasteiger charge is -2.06. The van der Waals surface area contributed by atoms with Crippen LogP contribution >= 0.6 is 11.6 Å². The van der Waals surface area contributed by atoms with Crippen molar-refractivity contribution in [2.45, 2.75) is 6.42 Å². The first-order chi connectivity index (χ1) is 8.08. The van der Waals surface area contributed by atoms with Crippen LogP contribution in [-0.2, 0) is 6.42 Å². The van der Waals surface area contributed by atoms with Crippen LogP contribution in [0.1, 0.15) is 11.1 Å². The Labute approximate surface area is 102 Å². The molecule has 4 heteroatoms. The van der Waals surface area contributed by atoms with Crippen molar-refractivity contribution in [1.82, 2.24) is 0 Å². The first-order valence-corrected chi connectivity index (χ1v) is 5.32. The summed E-state index contributed by atoms with van der Waals surface area (Å²) in [6.45, 7) is 0. The van der Waals surface area contributed by atoms with Crippen molar-refractivity contribution in [3.63, 3.8) is 0 Å². The van der Waals surface area contributed by atoms with E-state index in [0.29, 0.717) is 5.56 Å². The molecule has 0 fully saturated rings. The second-order valence-corrected chi connectivity index (χ2v) is 4.03. The summed E-state index contributed by atoms with van der Waals surface area (Å²) in [5, 5.41) is 0.202. The van der Waals surface area contributed by atoms with Gasteiger partial charge in [0, 0.05) is 11.4 Å². The number of hydrogen-bond donors (Lipinski definition) is 0. The maximum Gasteiger partial charge on any atom is 0.162 e. The monoisotopic (exact) mass is 256 g/mol. The summed E-state index contributed by atoms with van der Waals surface area (Å²) in [4.78, 5) is 0. The van der Waals surface area contributed by atoms with Gasteiger partial charge in [0.2, 0.25) is 0 Å². The Kier molecular flexibility index (Phi) is 3.38. The fourth-order valence-corrected chi connectivity index (χ4v) is 1.79. The molecule has 0 aliphatic carbocycles.